The van der Waals surface area contributed by atoms with Crippen molar-refractivity contribution in [3.05, 3.63) is 51.9 Å². The van der Waals surface area contributed by atoms with Crippen molar-refractivity contribution in [2.45, 2.75) is 13.2 Å². The first-order valence-electron chi connectivity index (χ1n) is 5.90. The van der Waals surface area contributed by atoms with Crippen LogP contribution in [0.2, 0.25) is 5.15 Å². The Morgan fingerprint density at radius 1 is 1.40 bits per heavy atom. The Morgan fingerprint density at radius 3 is 3.05 bits per heavy atom. The Morgan fingerprint density at radius 2 is 2.25 bits per heavy atom. The molecule has 1 aromatic carbocycles. The average Bonchev–Trinajstić information content (AvgIpc) is 2.92. The Balaban J connectivity index is 1.99. The summed E-state index contributed by atoms with van der Waals surface area (Å²) < 4.78 is 19.2. The first-order valence-corrected chi connectivity index (χ1v) is 6.28. The van der Waals surface area contributed by atoms with Gasteiger partial charge in [-0.25, -0.2) is 9.37 Å². The normalized spacial score (nSPS) is 12.8. The number of halogens is 2. The van der Waals surface area contributed by atoms with Gasteiger partial charge in [-0.05, 0) is 17.7 Å². The van der Waals surface area contributed by atoms with Gasteiger partial charge >= 0.3 is 0 Å². The number of nitriles is 1. The highest BCUT2D eigenvalue weighted by molar-refractivity contribution is 6.30. The van der Waals surface area contributed by atoms with Gasteiger partial charge in [-0.3, -0.25) is 0 Å². The minimum absolute atomic E-state index is 0.00528. The summed E-state index contributed by atoms with van der Waals surface area (Å²) >= 11 is 5.82. The number of ether oxygens (including phenoxy) is 1. The van der Waals surface area contributed by atoms with Crippen LogP contribution in [0.15, 0.2) is 24.3 Å². The molecule has 0 spiro atoms. The maximum atomic E-state index is 13.9. The van der Waals surface area contributed by atoms with Crippen LogP contribution in [-0.2, 0) is 18.0 Å². The van der Waals surface area contributed by atoms with Gasteiger partial charge in [0.1, 0.15) is 11.2 Å². The van der Waals surface area contributed by atoms with E-state index in [-0.39, 0.29) is 16.5 Å². The number of fused-ring (bicyclic) bond motifs is 1. The van der Waals surface area contributed by atoms with E-state index in [1.807, 2.05) is 18.2 Å². The van der Waals surface area contributed by atoms with Gasteiger partial charge in [0.2, 0.25) is 0 Å². The molecule has 4 nitrogen and oxygen atoms in total. The van der Waals surface area contributed by atoms with Gasteiger partial charge in [0.05, 0.1) is 18.8 Å². The highest BCUT2D eigenvalue weighted by Gasteiger charge is 2.17. The van der Waals surface area contributed by atoms with Crippen LogP contribution in [0.5, 0.6) is 0 Å². The van der Waals surface area contributed by atoms with Gasteiger partial charge in [-0.15, -0.1) is 0 Å². The molecular weight excluding hydrogens is 281 g/mol. The monoisotopic (exact) mass is 289 g/mol. The molecule has 0 saturated heterocycles. The SMILES string of the molecule is N#Cc1cc(F)c(Nc2cccc3c2COC3)nc1Cl. The van der Waals surface area contributed by atoms with Gasteiger partial charge < -0.3 is 10.1 Å². The molecule has 100 valence electrons. The van der Waals surface area contributed by atoms with Crippen molar-refractivity contribution in [2.75, 3.05) is 5.32 Å². The molecule has 0 aliphatic carbocycles. The highest BCUT2D eigenvalue weighted by atomic mass is 35.5. The zero-order valence-electron chi connectivity index (χ0n) is 10.3. The van der Waals surface area contributed by atoms with Crippen LogP contribution < -0.4 is 5.32 Å². The van der Waals surface area contributed by atoms with Gasteiger partial charge in [0.15, 0.2) is 11.6 Å². The molecule has 0 radical (unpaired) electrons. The molecule has 3 rings (SSSR count). The molecule has 0 atom stereocenters. The molecule has 20 heavy (non-hydrogen) atoms. The highest BCUT2D eigenvalue weighted by Crippen LogP contribution is 2.30. The maximum Gasteiger partial charge on any atom is 0.168 e. The van der Waals surface area contributed by atoms with Crippen LogP contribution in [0.1, 0.15) is 16.7 Å². The summed E-state index contributed by atoms with van der Waals surface area (Å²) in [7, 11) is 0. The summed E-state index contributed by atoms with van der Waals surface area (Å²) in [4.78, 5) is 3.88. The number of hydrogen-bond acceptors (Lipinski definition) is 4. The molecular formula is C14H9ClFN3O. The third kappa shape index (κ3) is 2.20. The number of nitrogens with one attached hydrogen (secondary N) is 1. The van der Waals surface area contributed by atoms with Crippen molar-refractivity contribution in [3.8, 4) is 6.07 Å². The third-order valence-corrected chi connectivity index (χ3v) is 3.37. The standard InChI is InChI=1S/C14H9ClFN3O/c15-13-9(5-17)4-11(16)14(19-13)18-12-3-1-2-8-6-20-7-10(8)12/h1-4H,6-7H2,(H,18,19). The van der Waals surface area contributed by atoms with Crippen LogP contribution in [-0.4, -0.2) is 4.98 Å². The lowest BCUT2D eigenvalue weighted by molar-refractivity contribution is 0.134. The lowest BCUT2D eigenvalue weighted by Gasteiger charge is -2.11. The predicted molar refractivity (Wildman–Crippen MR) is 72.1 cm³/mol. The van der Waals surface area contributed by atoms with E-state index < -0.39 is 5.82 Å². The first-order chi connectivity index (χ1) is 9.69. The minimum atomic E-state index is -0.623. The minimum Gasteiger partial charge on any atom is -0.372 e. The van der Waals surface area contributed by atoms with E-state index in [1.165, 1.54) is 0 Å². The second kappa shape index (κ2) is 5.08. The molecule has 0 unspecified atom stereocenters. The number of rotatable bonds is 2. The summed E-state index contributed by atoms with van der Waals surface area (Å²) in [6, 6.07) is 8.50. The van der Waals surface area contributed by atoms with E-state index in [1.54, 1.807) is 6.07 Å². The quantitative estimate of drug-likeness (QED) is 0.859. The molecule has 2 heterocycles. The van der Waals surface area contributed by atoms with Crippen LogP contribution >= 0.6 is 11.6 Å². The van der Waals surface area contributed by atoms with Crippen molar-refractivity contribution in [1.82, 2.24) is 4.98 Å². The van der Waals surface area contributed by atoms with Gasteiger partial charge in [-0.1, -0.05) is 23.7 Å². The van der Waals surface area contributed by atoms with Crippen LogP contribution in [0, 0.1) is 17.1 Å². The van der Waals surface area contributed by atoms with E-state index in [9.17, 15) is 4.39 Å². The summed E-state index contributed by atoms with van der Waals surface area (Å²) in [5, 5.41) is 11.6. The largest absolute Gasteiger partial charge is 0.372 e. The molecule has 1 N–H and O–H groups in total. The van der Waals surface area contributed by atoms with Crippen molar-refractivity contribution < 1.29 is 9.13 Å². The number of hydrogen-bond donors (Lipinski definition) is 1. The van der Waals surface area contributed by atoms with Gasteiger partial charge in [0.25, 0.3) is 0 Å². The fraction of sp³-hybridized carbons (Fsp3) is 0.143. The molecule has 0 amide bonds. The molecule has 0 fully saturated rings. The van der Waals surface area contributed by atoms with E-state index in [0.717, 1.165) is 22.9 Å². The molecule has 6 heteroatoms. The fourth-order valence-corrected chi connectivity index (χ4v) is 2.26. The predicted octanol–water partition coefficient (Wildman–Crippen LogP) is 3.52. The zero-order valence-corrected chi connectivity index (χ0v) is 11.0. The molecule has 1 aliphatic heterocycles. The number of aromatic nitrogens is 1. The summed E-state index contributed by atoms with van der Waals surface area (Å²) in [6.07, 6.45) is 0. The lowest BCUT2D eigenvalue weighted by Crippen LogP contribution is -2.01. The average molecular weight is 290 g/mol. The summed E-state index contributed by atoms with van der Waals surface area (Å²) in [6.45, 7) is 1.03. The van der Waals surface area contributed by atoms with Crippen LogP contribution in [0.4, 0.5) is 15.9 Å². The lowest BCUT2D eigenvalue weighted by atomic mass is 10.1. The van der Waals surface area contributed by atoms with E-state index >= 15 is 0 Å². The molecule has 2 aromatic rings. The Hall–Kier alpha value is -2.16. The van der Waals surface area contributed by atoms with Gasteiger partial charge in [-0.2, -0.15) is 5.26 Å². The number of benzene rings is 1. The molecule has 1 aliphatic rings. The Kier molecular flexibility index (Phi) is 3.26. The summed E-state index contributed by atoms with van der Waals surface area (Å²) in [5.74, 6) is -0.628. The maximum absolute atomic E-state index is 13.9. The van der Waals surface area contributed by atoms with Crippen LogP contribution in [0.25, 0.3) is 0 Å². The topological polar surface area (TPSA) is 57.9 Å². The first kappa shape index (κ1) is 12.9. The summed E-state index contributed by atoms with van der Waals surface area (Å²) in [5.41, 5.74) is 2.79. The second-order valence-electron chi connectivity index (χ2n) is 4.33. The molecule has 0 bridgehead atoms. The second-order valence-corrected chi connectivity index (χ2v) is 4.69. The van der Waals surface area contributed by atoms with E-state index in [2.05, 4.69) is 10.3 Å². The molecule has 1 aromatic heterocycles. The Bertz CT molecular complexity index is 727. The van der Waals surface area contributed by atoms with E-state index in [0.29, 0.717) is 13.2 Å². The van der Waals surface area contributed by atoms with Crippen molar-refractivity contribution in [3.63, 3.8) is 0 Å². The third-order valence-electron chi connectivity index (χ3n) is 3.08. The number of nitrogens with zero attached hydrogens (tertiary/aromatic N) is 2. The van der Waals surface area contributed by atoms with E-state index in [4.69, 9.17) is 21.6 Å². The van der Waals surface area contributed by atoms with Crippen molar-refractivity contribution >= 4 is 23.1 Å². The van der Waals surface area contributed by atoms with Gasteiger partial charge in [0, 0.05) is 11.3 Å². The molecule has 0 saturated carbocycles. The fourth-order valence-electron chi connectivity index (χ4n) is 2.08. The number of pyridine rings is 1. The Labute approximate surface area is 119 Å². The number of anilines is 2. The van der Waals surface area contributed by atoms with Crippen molar-refractivity contribution in [2.24, 2.45) is 0 Å². The smallest absolute Gasteiger partial charge is 0.168 e. The van der Waals surface area contributed by atoms with Crippen molar-refractivity contribution in [1.29, 1.82) is 5.26 Å². The van der Waals surface area contributed by atoms with Crippen LogP contribution in [0.3, 0.4) is 0 Å². The zero-order chi connectivity index (χ0) is 14.1.